The number of rotatable bonds is 5. The van der Waals surface area contributed by atoms with Gasteiger partial charge in [0.25, 0.3) is 0 Å². The molecule has 0 spiro atoms. The summed E-state index contributed by atoms with van der Waals surface area (Å²) in [5.41, 5.74) is 0. The Bertz CT molecular complexity index is 138. The van der Waals surface area contributed by atoms with Crippen LogP contribution in [0, 0.1) is 11.8 Å². The molecule has 0 aromatic rings. The maximum absolute atomic E-state index is 5.21. The van der Waals surface area contributed by atoms with Gasteiger partial charge in [0.2, 0.25) is 0 Å². The molecular formula is C11H23NO. The summed E-state index contributed by atoms with van der Waals surface area (Å²) < 4.78 is 5.21. The van der Waals surface area contributed by atoms with Gasteiger partial charge in [0.1, 0.15) is 0 Å². The first-order valence-electron chi connectivity index (χ1n) is 5.52. The standard InChI is InChI=1S/C11H23NO/c1-4-12-11-7-5-6-10(11)9(2)8-13-3/h9-12H,4-8H2,1-3H3. The number of nitrogens with one attached hydrogen (secondary N) is 1. The molecule has 0 radical (unpaired) electrons. The van der Waals surface area contributed by atoms with Crippen LogP contribution in [0.25, 0.3) is 0 Å². The smallest absolute Gasteiger partial charge is 0.0491 e. The quantitative estimate of drug-likeness (QED) is 0.708. The molecule has 2 heteroatoms. The fraction of sp³-hybridized carbons (Fsp3) is 1.00. The Balaban J connectivity index is 2.37. The predicted octanol–water partition coefficient (Wildman–Crippen LogP) is 2.05. The monoisotopic (exact) mass is 185 g/mol. The molecule has 0 aliphatic heterocycles. The average Bonchev–Trinajstić information content (AvgIpc) is 2.54. The molecule has 2 nitrogen and oxygen atoms in total. The second-order valence-corrected chi connectivity index (χ2v) is 4.19. The summed E-state index contributed by atoms with van der Waals surface area (Å²) >= 11 is 0. The van der Waals surface area contributed by atoms with E-state index in [1.54, 1.807) is 7.11 Å². The Hall–Kier alpha value is -0.0800. The van der Waals surface area contributed by atoms with Gasteiger partial charge in [-0.2, -0.15) is 0 Å². The maximum Gasteiger partial charge on any atom is 0.0491 e. The topological polar surface area (TPSA) is 21.3 Å². The van der Waals surface area contributed by atoms with Gasteiger partial charge in [0.15, 0.2) is 0 Å². The summed E-state index contributed by atoms with van der Waals surface area (Å²) in [5, 5.41) is 3.58. The van der Waals surface area contributed by atoms with E-state index in [9.17, 15) is 0 Å². The molecule has 1 rings (SSSR count). The highest BCUT2D eigenvalue weighted by atomic mass is 16.5. The molecule has 0 amide bonds. The molecule has 0 aromatic carbocycles. The molecule has 1 saturated carbocycles. The number of methoxy groups -OCH3 is 1. The van der Waals surface area contributed by atoms with Crippen molar-refractivity contribution in [2.45, 2.75) is 39.2 Å². The first-order chi connectivity index (χ1) is 6.29. The van der Waals surface area contributed by atoms with Crippen LogP contribution in [0.4, 0.5) is 0 Å². The van der Waals surface area contributed by atoms with Crippen LogP contribution in [0.15, 0.2) is 0 Å². The summed E-state index contributed by atoms with van der Waals surface area (Å²) in [6.45, 7) is 6.51. The first-order valence-corrected chi connectivity index (χ1v) is 5.52. The summed E-state index contributed by atoms with van der Waals surface area (Å²) in [5.74, 6) is 1.54. The van der Waals surface area contributed by atoms with Gasteiger partial charge < -0.3 is 10.1 Å². The van der Waals surface area contributed by atoms with Crippen LogP contribution < -0.4 is 5.32 Å². The highest BCUT2D eigenvalue weighted by Gasteiger charge is 2.30. The van der Waals surface area contributed by atoms with Crippen molar-refractivity contribution < 1.29 is 4.74 Å². The fourth-order valence-corrected chi connectivity index (χ4v) is 2.57. The molecule has 0 saturated heterocycles. The molecule has 3 atom stereocenters. The zero-order valence-corrected chi connectivity index (χ0v) is 9.18. The lowest BCUT2D eigenvalue weighted by molar-refractivity contribution is 0.121. The van der Waals surface area contributed by atoms with Gasteiger partial charge in [0, 0.05) is 19.8 Å². The predicted molar refractivity (Wildman–Crippen MR) is 55.8 cm³/mol. The Morgan fingerprint density at radius 2 is 2.23 bits per heavy atom. The zero-order valence-electron chi connectivity index (χ0n) is 9.18. The Morgan fingerprint density at radius 1 is 1.46 bits per heavy atom. The highest BCUT2D eigenvalue weighted by Crippen LogP contribution is 2.31. The number of hydrogen-bond donors (Lipinski definition) is 1. The van der Waals surface area contributed by atoms with Crippen molar-refractivity contribution in [3.05, 3.63) is 0 Å². The zero-order chi connectivity index (χ0) is 9.68. The van der Waals surface area contributed by atoms with Gasteiger partial charge in [0.05, 0.1) is 0 Å². The third-order valence-corrected chi connectivity index (χ3v) is 3.20. The van der Waals surface area contributed by atoms with E-state index in [1.165, 1.54) is 19.3 Å². The van der Waals surface area contributed by atoms with Crippen LogP contribution >= 0.6 is 0 Å². The molecule has 13 heavy (non-hydrogen) atoms. The van der Waals surface area contributed by atoms with Crippen LogP contribution in [0.5, 0.6) is 0 Å². The summed E-state index contributed by atoms with van der Waals surface area (Å²) in [6.07, 6.45) is 4.12. The maximum atomic E-state index is 5.21. The van der Waals surface area contributed by atoms with E-state index in [4.69, 9.17) is 4.74 Å². The number of ether oxygens (including phenoxy) is 1. The van der Waals surface area contributed by atoms with E-state index in [0.29, 0.717) is 5.92 Å². The minimum atomic E-state index is 0.705. The van der Waals surface area contributed by atoms with E-state index in [1.807, 2.05) is 0 Å². The Labute approximate surface area is 82.0 Å². The molecule has 1 N–H and O–H groups in total. The van der Waals surface area contributed by atoms with Gasteiger partial charge in [-0.3, -0.25) is 0 Å². The Kier molecular flexibility index (Phi) is 4.74. The van der Waals surface area contributed by atoms with Gasteiger partial charge >= 0.3 is 0 Å². The van der Waals surface area contributed by atoms with Crippen molar-refractivity contribution in [2.24, 2.45) is 11.8 Å². The number of hydrogen-bond acceptors (Lipinski definition) is 2. The second-order valence-electron chi connectivity index (χ2n) is 4.19. The summed E-state index contributed by atoms with van der Waals surface area (Å²) in [7, 11) is 1.80. The van der Waals surface area contributed by atoms with Gasteiger partial charge in [-0.05, 0) is 31.2 Å². The lowest BCUT2D eigenvalue weighted by atomic mass is 9.90. The minimum absolute atomic E-state index is 0.705. The highest BCUT2D eigenvalue weighted by molar-refractivity contribution is 4.85. The molecule has 0 heterocycles. The molecule has 0 aromatic heterocycles. The molecule has 0 bridgehead atoms. The fourth-order valence-electron chi connectivity index (χ4n) is 2.57. The van der Waals surface area contributed by atoms with Gasteiger partial charge in [-0.1, -0.05) is 20.3 Å². The van der Waals surface area contributed by atoms with E-state index < -0.39 is 0 Å². The normalized spacial score (nSPS) is 30.7. The van der Waals surface area contributed by atoms with Gasteiger partial charge in [-0.15, -0.1) is 0 Å². The van der Waals surface area contributed by atoms with Crippen LogP contribution in [-0.4, -0.2) is 26.3 Å². The van der Waals surface area contributed by atoms with E-state index in [0.717, 1.165) is 25.1 Å². The second kappa shape index (κ2) is 5.61. The largest absolute Gasteiger partial charge is 0.384 e. The third kappa shape index (κ3) is 2.96. The van der Waals surface area contributed by atoms with Crippen molar-refractivity contribution in [2.75, 3.05) is 20.3 Å². The molecule has 1 fully saturated rings. The van der Waals surface area contributed by atoms with Crippen molar-refractivity contribution in [3.63, 3.8) is 0 Å². The molecule has 1 aliphatic carbocycles. The van der Waals surface area contributed by atoms with Gasteiger partial charge in [-0.25, -0.2) is 0 Å². The van der Waals surface area contributed by atoms with Crippen LogP contribution in [0.1, 0.15) is 33.1 Å². The third-order valence-electron chi connectivity index (χ3n) is 3.20. The van der Waals surface area contributed by atoms with E-state index >= 15 is 0 Å². The van der Waals surface area contributed by atoms with Crippen LogP contribution in [0.3, 0.4) is 0 Å². The molecule has 78 valence electrons. The van der Waals surface area contributed by atoms with E-state index in [2.05, 4.69) is 19.2 Å². The molecule has 3 unspecified atom stereocenters. The van der Waals surface area contributed by atoms with Crippen LogP contribution in [-0.2, 0) is 4.74 Å². The average molecular weight is 185 g/mol. The lowest BCUT2D eigenvalue weighted by Crippen LogP contribution is -2.36. The van der Waals surface area contributed by atoms with E-state index in [-0.39, 0.29) is 0 Å². The summed E-state index contributed by atoms with van der Waals surface area (Å²) in [4.78, 5) is 0. The van der Waals surface area contributed by atoms with Crippen molar-refractivity contribution >= 4 is 0 Å². The van der Waals surface area contributed by atoms with Crippen molar-refractivity contribution in [1.82, 2.24) is 5.32 Å². The SMILES string of the molecule is CCNC1CCCC1C(C)COC. The summed E-state index contributed by atoms with van der Waals surface area (Å²) in [6, 6.07) is 0.746. The minimum Gasteiger partial charge on any atom is -0.384 e. The molecule has 1 aliphatic rings. The Morgan fingerprint density at radius 3 is 2.85 bits per heavy atom. The van der Waals surface area contributed by atoms with Crippen LogP contribution in [0.2, 0.25) is 0 Å². The molecular weight excluding hydrogens is 162 g/mol. The van der Waals surface area contributed by atoms with Crippen molar-refractivity contribution in [3.8, 4) is 0 Å². The lowest BCUT2D eigenvalue weighted by Gasteiger charge is -2.25. The first kappa shape index (κ1) is 11.0. The van der Waals surface area contributed by atoms with Crippen molar-refractivity contribution in [1.29, 1.82) is 0 Å².